The van der Waals surface area contributed by atoms with Gasteiger partial charge in [0.25, 0.3) is 0 Å². The van der Waals surface area contributed by atoms with Crippen LogP contribution in [0.4, 0.5) is 0 Å². The van der Waals surface area contributed by atoms with E-state index in [0.717, 1.165) is 44.0 Å². The average molecular weight is 367 g/mol. The Labute approximate surface area is 162 Å². The number of rotatable bonds is 6. The van der Waals surface area contributed by atoms with Gasteiger partial charge in [-0.1, -0.05) is 24.3 Å². The first kappa shape index (κ1) is 19.5. The van der Waals surface area contributed by atoms with Crippen molar-refractivity contribution in [3.63, 3.8) is 0 Å². The molecule has 3 rings (SSSR count). The van der Waals surface area contributed by atoms with Crippen LogP contribution >= 0.6 is 0 Å². The second-order valence-electron chi connectivity index (χ2n) is 7.51. The highest BCUT2D eigenvalue weighted by Crippen LogP contribution is 2.16. The first-order valence-corrected chi connectivity index (χ1v) is 9.72. The van der Waals surface area contributed by atoms with Gasteiger partial charge in [-0.3, -0.25) is 19.6 Å². The third-order valence-corrected chi connectivity index (χ3v) is 5.35. The summed E-state index contributed by atoms with van der Waals surface area (Å²) < 4.78 is 0. The maximum absolute atomic E-state index is 12.4. The van der Waals surface area contributed by atoms with E-state index < -0.39 is 0 Å². The first-order chi connectivity index (χ1) is 13.0. The van der Waals surface area contributed by atoms with Gasteiger partial charge in [0.05, 0.1) is 18.3 Å². The van der Waals surface area contributed by atoms with Crippen LogP contribution in [-0.4, -0.2) is 53.4 Å². The van der Waals surface area contributed by atoms with Crippen LogP contribution in [0.15, 0.2) is 42.6 Å². The Bertz CT molecular complexity index is 754. The van der Waals surface area contributed by atoms with E-state index in [-0.39, 0.29) is 11.9 Å². The zero-order chi connectivity index (χ0) is 19.2. The number of nitrogens with zero attached hydrogens (tertiary/aromatic N) is 3. The summed E-state index contributed by atoms with van der Waals surface area (Å²) >= 11 is 0. The number of aryl methyl sites for hydroxylation is 2. The fourth-order valence-corrected chi connectivity index (χ4v) is 3.43. The molecule has 1 fully saturated rings. The van der Waals surface area contributed by atoms with Gasteiger partial charge < -0.3 is 5.32 Å². The Kier molecular flexibility index (Phi) is 6.58. The van der Waals surface area contributed by atoms with Crippen molar-refractivity contribution in [3.8, 4) is 0 Å². The van der Waals surface area contributed by atoms with Gasteiger partial charge >= 0.3 is 0 Å². The van der Waals surface area contributed by atoms with Gasteiger partial charge in [0.1, 0.15) is 0 Å². The van der Waals surface area contributed by atoms with Gasteiger partial charge in [-0.05, 0) is 49.6 Å². The smallest absolute Gasteiger partial charge is 0.234 e. The lowest BCUT2D eigenvalue weighted by Gasteiger charge is -2.34. The fourth-order valence-electron chi connectivity index (χ4n) is 3.43. The molecule has 1 aromatic heterocycles. The highest BCUT2D eigenvalue weighted by atomic mass is 16.2. The number of piperazine rings is 1. The number of hydrogen-bond acceptors (Lipinski definition) is 4. The van der Waals surface area contributed by atoms with E-state index in [2.05, 4.69) is 58.2 Å². The highest BCUT2D eigenvalue weighted by molar-refractivity contribution is 5.78. The summed E-state index contributed by atoms with van der Waals surface area (Å²) in [6, 6.07) is 12.4. The maximum atomic E-state index is 12.4. The second-order valence-corrected chi connectivity index (χ2v) is 7.51. The fraction of sp³-hybridized carbons (Fsp3) is 0.455. The van der Waals surface area contributed by atoms with Gasteiger partial charge in [0, 0.05) is 38.9 Å². The van der Waals surface area contributed by atoms with Crippen molar-refractivity contribution in [2.75, 3.05) is 32.7 Å². The molecular formula is C22H30N4O. The minimum absolute atomic E-state index is 0.0299. The molecule has 1 amide bonds. The number of aromatic nitrogens is 1. The number of pyridine rings is 1. The normalized spacial score (nSPS) is 16.9. The number of carbonyl (C=O) groups excluding carboxylic acids is 1. The van der Waals surface area contributed by atoms with Crippen LogP contribution in [0.5, 0.6) is 0 Å². The number of benzene rings is 1. The third-order valence-electron chi connectivity index (χ3n) is 5.35. The molecule has 1 aliphatic heterocycles. The summed E-state index contributed by atoms with van der Waals surface area (Å²) in [5.74, 6) is 0.0962. The molecule has 27 heavy (non-hydrogen) atoms. The van der Waals surface area contributed by atoms with E-state index in [0.29, 0.717) is 6.54 Å². The maximum Gasteiger partial charge on any atom is 0.234 e. The minimum Gasteiger partial charge on any atom is -0.348 e. The Morgan fingerprint density at radius 1 is 1.07 bits per heavy atom. The zero-order valence-electron chi connectivity index (χ0n) is 16.6. The molecule has 0 radical (unpaired) electrons. The van der Waals surface area contributed by atoms with Crippen molar-refractivity contribution in [1.82, 2.24) is 20.1 Å². The molecule has 5 nitrogen and oxygen atoms in total. The topological polar surface area (TPSA) is 48.5 Å². The molecule has 1 saturated heterocycles. The van der Waals surface area contributed by atoms with E-state index >= 15 is 0 Å². The van der Waals surface area contributed by atoms with Gasteiger partial charge in [-0.15, -0.1) is 0 Å². The lowest BCUT2D eigenvalue weighted by molar-refractivity contribution is -0.123. The predicted octanol–water partition coefficient (Wildman–Crippen LogP) is 2.69. The van der Waals surface area contributed by atoms with E-state index in [1.807, 2.05) is 25.3 Å². The van der Waals surface area contributed by atoms with Crippen LogP contribution in [0, 0.1) is 13.8 Å². The van der Waals surface area contributed by atoms with E-state index in [1.54, 1.807) is 0 Å². The average Bonchev–Trinajstić information content (AvgIpc) is 2.66. The summed E-state index contributed by atoms with van der Waals surface area (Å²) in [7, 11) is 0. The Balaban J connectivity index is 1.43. The molecule has 5 heteroatoms. The first-order valence-electron chi connectivity index (χ1n) is 9.72. The Hall–Kier alpha value is -2.24. The minimum atomic E-state index is 0.0299. The quantitative estimate of drug-likeness (QED) is 0.854. The lowest BCUT2D eigenvalue weighted by atomic mass is 10.0. The highest BCUT2D eigenvalue weighted by Gasteiger charge is 2.20. The molecule has 2 aromatic rings. The van der Waals surface area contributed by atoms with E-state index in [9.17, 15) is 4.79 Å². The molecule has 0 unspecified atom stereocenters. The van der Waals surface area contributed by atoms with Crippen molar-refractivity contribution in [1.29, 1.82) is 0 Å². The van der Waals surface area contributed by atoms with E-state index in [4.69, 9.17) is 0 Å². The largest absolute Gasteiger partial charge is 0.348 e. The molecule has 0 bridgehead atoms. The van der Waals surface area contributed by atoms with Crippen LogP contribution < -0.4 is 5.32 Å². The second kappa shape index (κ2) is 9.11. The predicted molar refractivity (Wildman–Crippen MR) is 108 cm³/mol. The van der Waals surface area contributed by atoms with Crippen LogP contribution in [0.25, 0.3) is 0 Å². The number of amides is 1. The summed E-state index contributed by atoms with van der Waals surface area (Å²) in [5.41, 5.74) is 4.80. The molecule has 0 spiro atoms. The Morgan fingerprint density at radius 2 is 1.81 bits per heavy atom. The molecule has 1 atom stereocenters. The standard InChI is InChI=1S/C22H30N4O/c1-17-7-8-20(14-18(17)2)19(3)24-22(27)16-26-12-10-25(11-13-26)15-21-6-4-5-9-23-21/h4-9,14,19H,10-13,15-16H2,1-3H3,(H,24,27)/t19-/m1/s1. The van der Waals surface area contributed by atoms with Crippen LogP contribution in [0.2, 0.25) is 0 Å². The number of nitrogens with one attached hydrogen (secondary N) is 1. The van der Waals surface area contributed by atoms with Gasteiger partial charge in [0.15, 0.2) is 0 Å². The van der Waals surface area contributed by atoms with E-state index in [1.165, 1.54) is 11.1 Å². The van der Waals surface area contributed by atoms with Crippen molar-refractivity contribution in [2.24, 2.45) is 0 Å². The van der Waals surface area contributed by atoms with Gasteiger partial charge in [0.2, 0.25) is 5.91 Å². The van der Waals surface area contributed by atoms with Crippen LogP contribution in [0.3, 0.4) is 0 Å². The van der Waals surface area contributed by atoms with Crippen molar-refractivity contribution < 1.29 is 4.79 Å². The summed E-state index contributed by atoms with van der Waals surface area (Å²) in [5, 5.41) is 3.14. The molecule has 1 N–H and O–H groups in total. The summed E-state index contributed by atoms with van der Waals surface area (Å²) in [6.07, 6.45) is 1.84. The molecule has 1 aliphatic rings. The number of hydrogen-bond donors (Lipinski definition) is 1. The number of carbonyl (C=O) groups is 1. The van der Waals surface area contributed by atoms with Crippen molar-refractivity contribution in [2.45, 2.75) is 33.4 Å². The van der Waals surface area contributed by atoms with Crippen LogP contribution in [-0.2, 0) is 11.3 Å². The molecule has 144 valence electrons. The third kappa shape index (κ3) is 5.62. The molecule has 1 aromatic carbocycles. The van der Waals surface area contributed by atoms with Crippen LogP contribution in [0.1, 0.15) is 35.3 Å². The summed E-state index contributed by atoms with van der Waals surface area (Å²) in [4.78, 5) is 21.5. The molecule has 2 heterocycles. The van der Waals surface area contributed by atoms with Crippen molar-refractivity contribution >= 4 is 5.91 Å². The monoisotopic (exact) mass is 366 g/mol. The van der Waals surface area contributed by atoms with Gasteiger partial charge in [-0.25, -0.2) is 0 Å². The van der Waals surface area contributed by atoms with Gasteiger partial charge in [-0.2, -0.15) is 0 Å². The SMILES string of the molecule is Cc1ccc([C@@H](C)NC(=O)CN2CCN(Cc3ccccn3)CC2)cc1C. The lowest BCUT2D eigenvalue weighted by Crippen LogP contribution is -2.49. The molecule has 0 aliphatic carbocycles. The Morgan fingerprint density at radius 3 is 2.48 bits per heavy atom. The zero-order valence-corrected chi connectivity index (χ0v) is 16.6. The molecular weight excluding hydrogens is 336 g/mol. The summed E-state index contributed by atoms with van der Waals surface area (Å²) in [6.45, 7) is 11.4. The molecule has 0 saturated carbocycles. The van der Waals surface area contributed by atoms with Crippen molar-refractivity contribution in [3.05, 3.63) is 65.0 Å².